The SMILES string of the molecule is Cc1cc2ccoc2[n+](-c2nc(Cl)cc3cc(C)oc23)c1. The van der Waals surface area contributed by atoms with E-state index < -0.39 is 0 Å². The molecule has 0 spiro atoms. The van der Waals surface area contributed by atoms with Gasteiger partial charge in [0.2, 0.25) is 10.7 Å². The van der Waals surface area contributed by atoms with Crippen molar-refractivity contribution in [3.63, 3.8) is 0 Å². The highest BCUT2D eigenvalue weighted by Gasteiger charge is 2.23. The van der Waals surface area contributed by atoms with Crippen molar-refractivity contribution in [2.24, 2.45) is 0 Å². The monoisotopic (exact) mass is 299 g/mol. The van der Waals surface area contributed by atoms with Crippen molar-refractivity contribution in [1.29, 1.82) is 0 Å². The third kappa shape index (κ3) is 1.91. The lowest BCUT2D eigenvalue weighted by Crippen LogP contribution is -2.32. The van der Waals surface area contributed by atoms with Crippen LogP contribution in [-0.2, 0) is 0 Å². The zero-order valence-corrected chi connectivity index (χ0v) is 12.3. The maximum Gasteiger partial charge on any atom is 0.375 e. The number of hydrogen-bond donors (Lipinski definition) is 0. The molecule has 0 amide bonds. The molecule has 0 radical (unpaired) electrons. The Morgan fingerprint density at radius 3 is 2.86 bits per heavy atom. The first kappa shape index (κ1) is 12.4. The Morgan fingerprint density at radius 1 is 1.14 bits per heavy atom. The molecule has 0 fully saturated rings. The van der Waals surface area contributed by atoms with Crippen LogP contribution in [0.25, 0.3) is 27.9 Å². The molecule has 0 aliphatic rings. The smallest absolute Gasteiger partial charge is 0.375 e. The van der Waals surface area contributed by atoms with E-state index in [9.17, 15) is 0 Å². The lowest BCUT2D eigenvalue weighted by atomic mass is 10.2. The summed E-state index contributed by atoms with van der Waals surface area (Å²) >= 11 is 6.15. The molecule has 4 rings (SSSR count). The molecule has 4 nitrogen and oxygen atoms in total. The van der Waals surface area contributed by atoms with Gasteiger partial charge in [0.05, 0.1) is 11.6 Å². The van der Waals surface area contributed by atoms with Crippen molar-refractivity contribution in [2.45, 2.75) is 13.8 Å². The number of furan rings is 2. The van der Waals surface area contributed by atoms with Gasteiger partial charge in [-0.15, -0.1) is 0 Å². The molecule has 0 bridgehead atoms. The van der Waals surface area contributed by atoms with E-state index in [1.807, 2.05) is 36.7 Å². The highest BCUT2D eigenvalue weighted by atomic mass is 35.5. The highest BCUT2D eigenvalue weighted by Crippen LogP contribution is 2.26. The predicted octanol–water partition coefficient (Wildman–Crippen LogP) is 4.12. The van der Waals surface area contributed by atoms with Crippen LogP contribution in [0.2, 0.25) is 5.15 Å². The molecule has 21 heavy (non-hydrogen) atoms. The van der Waals surface area contributed by atoms with Crippen molar-refractivity contribution >= 4 is 33.7 Å². The van der Waals surface area contributed by atoms with Crippen LogP contribution in [-0.4, -0.2) is 4.98 Å². The summed E-state index contributed by atoms with van der Waals surface area (Å²) in [6, 6.07) is 7.73. The second kappa shape index (κ2) is 4.33. The molecule has 0 aromatic carbocycles. The first-order valence-corrected chi connectivity index (χ1v) is 6.96. The van der Waals surface area contributed by atoms with Crippen molar-refractivity contribution in [2.75, 3.05) is 0 Å². The number of aromatic nitrogens is 2. The number of nitrogens with zero attached hydrogens (tertiary/aromatic N) is 2. The fourth-order valence-corrected chi connectivity index (χ4v) is 2.81. The molecule has 0 aliphatic heterocycles. The van der Waals surface area contributed by atoms with Crippen LogP contribution < -0.4 is 4.57 Å². The second-order valence-corrected chi connectivity index (χ2v) is 5.50. The first-order valence-electron chi connectivity index (χ1n) is 6.58. The number of aryl methyl sites for hydroxylation is 2. The van der Waals surface area contributed by atoms with E-state index in [4.69, 9.17) is 20.4 Å². The van der Waals surface area contributed by atoms with E-state index in [0.29, 0.717) is 22.3 Å². The second-order valence-electron chi connectivity index (χ2n) is 5.11. The van der Waals surface area contributed by atoms with Gasteiger partial charge in [0, 0.05) is 11.5 Å². The molecule has 0 atom stereocenters. The lowest BCUT2D eigenvalue weighted by Gasteiger charge is -2.00. The van der Waals surface area contributed by atoms with Gasteiger partial charge in [-0.2, -0.15) is 4.57 Å². The molecule has 0 saturated carbocycles. The fourth-order valence-electron chi connectivity index (χ4n) is 2.61. The van der Waals surface area contributed by atoms with Gasteiger partial charge in [0.15, 0.2) is 0 Å². The highest BCUT2D eigenvalue weighted by molar-refractivity contribution is 6.30. The largest absolute Gasteiger partial charge is 0.453 e. The van der Waals surface area contributed by atoms with Crippen LogP contribution in [0, 0.1) is 13.8 Å². The van der Waals surface area contributed by atoms with E-state index in [1.165, 1.54) is 0 Å². The summed E-state index contributed by atoms with van der Waals surface area (Å²) < 4.78 is 13.3. The average Bonchev–Trinajstić information content (AvgIpc) is 3.01. The van der Waals surface area contributed by atoms with Crippen LogP contribution in [0.5, 0.6) is 0 Å². The Hall–Kier alpha value is -2.33. The van der Waals surface area contributed by atoms with Crippen molar-refractivity contribution < 1.29 is 13.4 Å². The Balaban J connectivity index is 2.15. The Kier molecular flexibility index (Phi) is 2.56. The number of pyridine rings is 2. The van der Waals surface area contributed by atoms with Crippen molar-refractivity contribution in [1.82, 2.24) is 4.98 Å². The van der Waals surface area contributed by atoms with E-state index in [-0.39, 0.29) is 0 Å². The van der Waals surface area contributed by atoms with Crippen LogP contribution in [0.1, 0.15) is 11.3 Å². The molecule has 4 aromatic heterocycles. The van der Waals surface area contributed by atoms with E-state index in [2.05, 4.69) is 11.1 Å². The Morgan fingerprint density at radius 2 is 2.00 bits per heavy atom. The average molecular weight is 300 g/mol. The van der Waals surface area contributed by atoms with Gasteiger partial charge in [-0.05, 0) is 54.2 Å². The first-order chi connectivity index (χ1) is 10.1. The predicted molar refractivity (Wildman–Crippen MR) is 79.8 cm³/mol. The molecule has 4 aromatic rings. The zero-order chi connectivity index (χ0) is 14.6. The number of halogens is 1. The zero-order valence-electron chi connectivity index (χ0n) is 11.6. The van der Waals surface area contributed by atoms with Gasteiger partial charge < -0.3 is 8.83 Å². The van der Waals surface area contributed by atoms with E-state index in [1.54, 1.807) is 12.3 Å². The van der Waals surface area contributed by atoms with Crippen molar-refractivity contribution in [3.05, 3.63) is 53.2 Å². The minimum atomic E-state index is 0.423. The third-order valence-corrected chi connectivity index (χ3v) is 3.61. The maximum atomic E-state index is 6.15. The maximum absolute atomic E-state index is 6.15. The van der Waals surface area contributed by atoms with Crippen LogP contribution in [0.4, 0.5) is 0 Å². The van der Waals surface area contributed by atoms with Gasteiger partial charge in [-0.25, -0.2) is 0 Å². The Labute approximate surface area is 125 Å². The van der Waals surface area contributed by atoms with Crippen LogP contribution in [0.15, 0.2) is 45.6 Å². The summed E-state index contributed by atoms with van der Waals surface area (Å²) in [5, 5.41) is 2.36. The fraction of sp³-hybridized carbons (Fsp3) is 0.125. The van der Waals surface area contributed by atoms with Gasteiger partial charge >= 0.3 is 11.5 Å². The van der Waals surface area contributed by atoms with Gasteiger partial charge in [0.1, 0.15) is 12.0 Å². The van der Waals surface area contributed by atoms with Crippen LogP contribution >= 0.6 is 11.6 Å². The minimum absolute atomic E-state index is 0.423. The molecule has 104 valence electrons. The van der Waals surface area contributed by atoms with Crippen molar-refractivity contribution in [3.8, 4) is 5.82 Å². The standard InChI is InChI=1S/C16H12ClN2O2/c1-9-5-11-3-4-20-16(11)19(8-9)15-14-12(6-10(2)21-14)7-13(17)18-15/h3-8H,1-2H3/q+1. The molecular formula is C16H12ClN2O2+. The third-order valence-electron chi connectivity index (χ3n) is 3.41. The normalized spacial score (nSPS) is 11.6. The quantitative estimate of drug-likeness (QED) is 0.392. The van der Waals surface area contributed by atoms with Gasteiger partial charge in [-0.3, -0.25) is 0 Å². The molecule has 4 heterocycles. The number of rotatable bonds is 1. The van der Waals surface area contributed by atoms with Gasteiger partial charge in [0.25, 0.3) is 0 Å². The summed E-state index contributed by atoms with van der Waals surface area (Å²) in [5.74, 6) is 1.45. The van der Waals surface area contributed by atoms with E-state index >= 15 is 0 Å². The summed E-state index contributed by atoms with van der Waals surface area (Å²) in [6.07, 6.45) is 3.62. The summed E-state index contributed by atoms with van der Waals surface area (Å²) in [5.41, 5.74) is 2.51. The number of hydrogen-bond acceptors (Lipinski definition) is 3. The molecule has 0 N–H and O–H groups in total. The molecule has 0 aliphatic carbocycles. The molecular weight excluding hydrogens is 288 g/mol. The lowest BCUT2D eigenvalue weighted by molar-refractivity contribution is -0.578. The number of fused-ring (bicyclic) bond motifs is 2. The minimum Gasteiger partial charge on any atom is -0.453 e. The summed E-state index contributed by atoms with van der Waals surface area (Å²) in [6.45, 7) is 3.93. The van der Waals surface area contributed by atoms with Crippen LogP contribution in [0.3, 0.4) is 0 Å². The molecule has 0 unspecified atom stereocenters. The molecule has 0 saturated heterocycles. The summed E-state index contributed by atoms with van der Waals surface area (Å²) in [7, 11) is 0. The topological polar surface area (TPSA) is 43.0 Å². The molecule has 5 heteroatoms. The van der Waals surface area contributed by atoms with E-state index in [0.717, 1.165) is 22.1 Å². The van der Waals surface area contributed by atoms with Gasteiger partial charge in [-0.1, -0.05) is 0 Å². The Bertz CT molecular complexity index is 985. The summed E-state index contributed by atoms with van der Waals surface area (Å²) in [4.78, 5) is 4.43.